The van der Waals surface area contributed by atoms with E-state index in [0.29, 0.717) is 24.7 Å². The van der Waals surface area contributed by atoms with E-state index in [1.54, 1.807) is 23.0 Å². The number of nitrogens with one attached hydrogen (secondary N) is 1. The van der Waals surface area contributed by atoms with Crippen LogP contribution in [0.3, 0.4) is 0 Å². The molecule has 1 saturated heterocycles. The van der Waals surface area contributed by atoms with E-state index in [1.807, 2.05) is 0 Å². The Bertz CT molecular complexity index is 1080. The number of nitro groups is 1. The van der Waals surface area contributed by atoms with Crippen LogP contribution in [0.1, 0.15) is 44.7 Å². The van der Waals surface area contributed by atoms with Crippen molar-refractivity contribution in [3.8, 4) is 5.69 Å². The molecule has 0 unspecified atom stereocenters. The van der Waals surface area contributed by atoms with Crippen LogP contribution in [0.25, 0.3) is 5.69 Å². The van der Waals surface area contributed by atoms with E-state index in [-0.39, 0.29) is 35.0 Å². The number of aromatic nitrogens is 3. The van der Waals surface area contributed by atoms with Crippen molar-refractivity contribution >= 4 is 11.7 Å². The number of carbonyl (C=O) groups is 1. The maximum atomic E-state index is 12.7. The Morgan fingerprint density at radius 3 is 2.91 bits per heavy atom. The van der Waals surface area contributed by atoms with Crippen molar-refractivity contribution < 1.29 is 14.5 Å². The van der Waals surface area contributed by atoms with Gasteiger partial charge in [0.2, 0.25) is 0 Å². The molecule has 3 aliphatic rings. The summed E-state index contributed by atoms with van der Waals surface area (Å²) in [5, 5.41) is 22.5. The maximum absolute atomic E-state index is 12.7. The number of non-ortho nitro benzene ring substituents is 1. The standard InChI is InChI=1S/C24H29N5O4/c1-15-4-3-9-24(2)11-22-19(10-21(15)24)20(23(30)33-22)13-25-12-16-14-28(27-26-16)17-5-7-18(8-6-17)29(31)32/h5-8,14,19-22,25H,1,3-4,9-13H2,2H3/t19-,20+,21+,22-,24-/m1/s1. The van der Waals surface area contributed by atoms with Crippen LogP contribution in [0, 0.1) is 33.3 Å². The number of fused-ring (bicyclic) bond motifs is 2. The summed E-state index contributed by atoms with van der Waals surface area (Å²) in [6.45, 7) is 7.71. The molecule has 33 heavy (non-hydrogen) atoms. The second-order valence-corrected chi connectivity index (χ2v) is 9.96. The third-order valence-electron chi connectivity index (χ3n) is 7.86. The van der Waals surface area contributed by atoms with Crippen LogP contribution in [0.15, 0.2) is 42.6 Å². The zero-order chi connectivity index (χ0) is 23.2. The minimum Gasteiger partial charge on any atom is -0.462 e. The predicted octanol–water partition coefficient (Wildman–Crippen LogP) is 3.58. The lowest BCUT2D eigenvalue weighted by molar-refractivity contribution is -0.384. The van der Waals surface area contributed by atoms with Gasteiger partial charge in [0.15, 0.2) is 0 Å². The van der Waals surface area contributed by atoms with Gasteiger partial charge in [0, 0.05) is 31.1 Å². The Morgan fingerprint density at radius 1 is 1.36 bits per heavy atom. The fourth-order valence-electron chi connectivity index (χ4n) is 6.08. The van der Waals surface area contributed by atoms with Gasteiger partial charge in [-0.3, -0.25) is 14.9 Å². The van der Waals surface area contributed by atoms with Crippen LogP contribution in [0.5, 0.6) is 0 Å². The molecule has 5 atom stereocenters. The minimum atomic E-state index is -0.435. The lowest BCUT2D eigenvalue weighted by atomic mass is 9.55. The number of rotatable bonds is 6. The van der Waals surface area contributed by atoms with Crippen molar-refractivity contribution in [3.63, 3.8) is 0 Å². The molecule has 0 radical (unpaired) electrons. The molecule has 3 fully saturated rings. The van der Waals surface area contributed by atoms with Crippen LogP contribution in [0.4, 0.5) is 5.69 Å². The Morgan fingerprint density at radius 2 is 2.15 bits per heavy atom. The Balaban J connectivity index is 1.20. The van der Waals surface area contributed by atoms with Crippen LogP contribution in [0.2, 0.25) is 0 Å². The van der Waals surface area contributed by atoms with Gasteiger partial charge in [-0.15, -0.1) is 5.10 Å². The van der Waals surface area contributed by atoms with Crippen molar-refractivity contribution in [1.29, 1.82) is 0 Å². The van der Waals surface area contributed by atoms with E-state index >= 15 is 0 Å². The number of nitro benzene ring substituents is 1. The molecule has 1 N–H and O–H groups in total. The monoisotopic (exact) mass is 451 g/mol. The van der Waals surface area contributed by atoms with Gasteiger partial charge in [-0.1, -0.05) is 24.3 Å². The molecule has 2 aliphatic carbocycles. The first-order valence-corrected chi connectivity index (χ1v) is 11.6. The first-order chi connectivity index (χ1) is 15.8. The zero-order valence-corrected chi connectivity index (χ0v) is 18.8. The van der Waals surface area contributed by atoms with Crippen LogP contribution in [-0.4, -0.2) is 38.5 Å². The normalized spacial score (nSPS) is 31.1. The third-order valence-corrected chi connectivity index (χ3v) is 7.86. The van der Waals surface area contributed by atoms with Gasteiger partial charge in [-0.05, 0) is 55.6 Å². The summed E-state index contributed by atoms with van der Waals surface area (Å²) in [6.07, 6.45) is 7.18. The second kappa shape index (κ2) is 8.37. The Hall–Kier alpha value is -3.07. The topological polar surface area (TPSA) is 112 Å². The highest BCUT2D eigenvalue weighted by atomic mass is 16.6. The number of hydrogen-bond acceptors (Lipinski definition) is 7. The SMILES string of the molecule is C=C1CCC[C@]2(C)C[C@H]3OC(=O)[C@@H](CNCc4cn(-c5ccc([N+](=O)[O-])cc5)nn4)[C@H]3C[C@@H]12. The summed E-state index contributed by atoms with van der Waals surface area (Å²) in [7, 11) is 0. The highest BCUT2D eigenvalue weighted by Crippen LogP contribution is 2.56. The smallest absolute Gasteiger partial charge is 0.310 e. The molecule has 0 bridgehead atoms. The largest absolute Gasteiger partial charge is 0.462 e. The van der Waals surface area contributed by atoms with Gasteiger partial charge < -0.3 is 10.1 Å². The summed E-state index contributed by atoms with van der Waals surface area (Å²) in [6, 6.07) is 6.14. The Kier molecular flexibility index (Phi) is 5.52. The van der Waals surface area contributed by atoms with Crippen LogP contribution in [-0.2, 0) is 16.1 Å². The minimum absolute atomic E-state index is 0.0134. The third kappa shape index (κ3) is 4.06. The summed E-state index contributed by atoms with van der Waals surface area (Å²) in [4.78, 5) is 23.1. The fourth-order valence-corrected chi connectivity index (χ4v) is 6.08. The number of nitrogens with zero attached hydrogens (tertiary/aromatic N) is 4. The van der Waals surface area contributed by atoms with Gasteiger partial charge in [-0.2, -0.15) is 0 Å². The van der Waals surface area contributed by atoms with Crippen LogP contribution < -0.4 is 5.32 Å². The van der Waals surface area contributed by atoms with E-state index < -0.39 is 4.92 Å². The van der Waals surface area contributed by atoms with Gasteiger partial charge >= 0.3 is 5.97 Å². The van der Waals surface area contributed by atoms with Crippen molar-refractivity contribution in [1.82, 2.24) is 20.3 Å². The van der Waals surface area contributed by atoms with E-state index in [1.165, 1.54) is 30.5 Å². The van der Waals surface area contributed by atoms with Crippen molar-refractivity contribution in [3.05, 3.63) is 58.4 Å². The van der Waals surface area contributed by atoms with Gasteiger partial charge in [-0.25, -0.2) is 4.68 Å². The highest BCUT2D eigenvalue weighted by molar-refractivity contribution is 5.75. The molecule has 9 nitrogen and oxygen atoms in total. The van der Waals surface area contributed by atoms with Crippen molar-refractivity contribution in [2.75, 3.05) is 6.54 Å². The molecule has 1 aromatic heterocycles. The number of esters is 1. The molecule has 0 spiro atoms. The second-order valence-electron chi connectivity index (χ2n) is 9.96. The predicted molar refractivity (Wildman–Crippen MR) is 120 cm³/mol. The molecule has 1 aliphatic heterocycles. The molecule has 0 amide bonds. The highest BCUT2D eigenvalue weighted by Gasteiger charge is 2.54. The van der Waals surface area contributed by atoms with Crippen LogP contribution >= 0.6 is 0 Å². The molecule has 2 aromatic rings. The Labute approximate surface area is 192 Å². The zero-order valence-electron chi connectivity index (χ0n) is 18.8. The molecule has 5 rings (SSSR count). The molecular weight excluding hydrogens is 422 g/mol. The van der Waals surface area contributed by atoms with Gasteiger partial charge in [0.1, 0.15) is 6.10 Å². The van der Waals surface area contributed by atoms with E-state index in [4.69, 9.17) is 4.74 Å². The first-order valence-electron chi connectivity index (χ1n) is 11.6. The summed E-state index contributed by atoms with van der Waals surface area (Å²) in [5.41, 5.74) is 3.00. The number of carbonyl (C=O) groups excluding carboxylic acids is 1. The number of allylic oxidation sites excluding steroid dienone is 1. The van der Waals surface area contributed by atoms with E-state index in [9.17, 15) is 14.9 Å². The molecule has 9 heteroatoms. The molecule has 2 saturated carbocycles. The van der Waals surface area contributed by atoms with Crippen molar-refractivity contribution in [2.45, 2.75) is 51.7 Å². The molecule has 2 heterocycles. The van der Waals surface area contributed by atoms with Gasteiger partial charge in [0.25, 0.3) is 5.69 Å². The average Bonchev–Trinajstić information content (AvgIpc) is 3.37. The summed E-state index contributed by atoms with van der Waals surface area (Å²) < 4.78 is 7.41. The first kappa shape index (κ1) is 21.8. The fraction of sp³-hybridized carbons (Fsp3) is 0.542. The van der Waals surface area contributed by atoms with E-state index in [0.717, 1.165) is 25.0 Å². The lowest BCUT2D eigenvalue weighted by Gasteiger charge is -2.50. The van der Waals surface area contributed by atoms with Crippen molar-refractivity contribution in [2.24, 2.45) is 23.2 Å². The molecular formula is C24H29N5O4. The number of hydrogen-bond donors (Lipinski definition) is 1. The molecule has 174 valence electrons. The van der Waals surface area contributed by atoms with E-state index in [2.05, 4.69) is 29.1 Å². The quantitative estimate of drug-likeness (QED) is 0.309. The number of ether oxygens (including phenoxy) is 1. The summed E-state index contributed by atoms with van der Waals surface area (Å²) >= 11 is 0. The molecule has 1 aromatic carbocycles. The average molecular weight is 452 g/mol. The maximum Gasteiger partial charge on any atom is 0.310 e. The van der Waals surface area contributed by atoms with Gasteiger partial charge in [0.05, 0.1) is 28.4 Å². The summed E-state index contributed by atoms with van der Waals surface area (Å²) in [5.74, 6) is 0.457. The number of benzene rings is 1. The lowest BCUT2D eigenvalue weighted by Crippen LogP contribution is -2.45.